The number of hydrogen-bond donors (Lipinski definition) is 2. The van der Waals surface area contributed by atoms with E-state index in [4.69, 9.17) is 9.84 Å². The van der Waals surface area contributed by atoms with Crippen molar-refractivity contribution in [3.05, 3.63) is 48.6 Å². The molecule has 0 spiro atoms. The summed E-state index contributed by atoms with van der Waals surface area (Å²) < 4.78 is 7.38. The number of phenols is 1. The van der Waals surface area contributed by atoms with Crippen LogP contribution in [0.5, 0.6) is 17.2 Å². The molecule has 6 heteroatoms. The van der Waals surface area contributed by atoms with Crippen molar-refractivity contribution in [2.24, 2.45) is 0 Å². The Balaban J connectivity index is 2.26. The Morgan fingerprint density at radius 2 is 1.90 bits per heavy atom. The molecule has 2 aromatic rings. The van der Waals surface area contributed by atoms with Gasteiger partial charge in [-0.3, -0.25) is 4.79 Å². The second-order valence-electron chi connectivity index (χ2n) is 4.51. The molecule has 0 saturated heterocycles. The van der Waals surface area contributed by atoms with E-state index in [0.717, 1.165) is 18.3 Å². The number of benzene rings is 2. The van der Waals surface area contributed by atoms with Crippen molar-refractivity contribution < 1.29 is 19.7 Å². The van der Waals surface area contributed by atoms with Gasteiger partial charge < -0.3 is 14.9 Å². The number of rotatable bonds is 4. The first-order valence-corrected chi connectivity index (χ1v) is 8.19. The van der Waals surface area contributed by atoms with Crippen molar-refractivity contribution in [2.45, 2.75) is 13.3 Å². The lowest BCUT2D eigenvalue weighted by atomic mass is 10.1. The lowest BCUT2D eigenvalue weighted by Gasteiger charge is -2.11. The lowest BCUT2D eigenvalue weighted by molar-refractivity contribution is -0.136. The third-order valence-corrected chi connectivity index (χ3v) is 4.47. The highest BCUT2D eigenvalue weighted by molar-refractivity contribution is 14.1. The van der Waals surface area contributed by atoms with Crippen LogP contribution in [0, 0.1) is 14.1 Å². The molecule has 0 fully saturated rings. The summed E-state index contributed by atoms with van der Waals surface area (Å²) in [5.41, 5.74) is 1.48. The third-order valence-electron chi connectivity index (χ3n) is 2.81. The predicted molar refractivity (Wildman–Crippen MR) is 96.1 cm³/mol. The van der Waals surface area contributed by atoms with Crippen LogP contribution in [0.4, 0.5) is 0 Å². The van der Waals surface area contributed by atoms with E-state index in [1.165, 1.54) is 0 Å². The Morgan fingerprint density at radius 1 is 1.19 bits per heavy atom. The maximum Gasteiger partial charge on any atom is 0.307 e. The van der Waals surface area contributed by atoms with E-state index in [-0.39, 0.29) is 12.2 Å². The van der Waals surface area contributed by atoms with Crippen molar-refractivity contribution in [3.8, 4) is 17.2 Å². The summed E-state index contributed by atoms with van der Waals surface area (Å²) in [5, 5.41) is 18.5. The summed E-state index contributed by atoms with van der Waals surface area (Å²) in [6, 6.07) is 8.81. The first-order valence-electron chi connectivity index (χ1n) is 6.04. The van der Waals surface area contributed by atoms with Crippen molar-refractivity contribution in [1.29, 1.82) is 0 Å². The monoisotopic (exact) mass is 510 g/mol. The minimum Gasteiger partial charge on any atom is -0.507 e. The number of phenolic OH excluding ortho intramolecular Hbond substituents is 1. The zero-order valence-electron chi connectivity index (χ0n) is 11.1. The third kappa shape index (κ3) is 4.22. The van der Waals surface area contributed by atoms with Crippen LogP contribution in [0.1, 0.15) is 11.1 Å². The Hall–Kier alpha value is -1.03. The van der Waals surface area contributed by atoms with E-state index in [0.29, 0.717) is 11.5 Å². The molecule has 0 aliphatic carbocycles. The number of aromatic hydroxyl groups is 1. The van der Waals surface area contributed by atoms with Gasteiger partial charge in [0, 0.05) is 0 Å². The van der Waals surface area contributed by atoms with Gasteiger partial charge in [0.15, 0.2) is 0 Å². The summed E-state index contributed by atoms with van der Waals surface area (Å²) in [6.45, 7) is 1.81. The van der Waals surface area contributed by atoms with Gasteiger partial charge in [-0.15, -0.1) is 0 Å². The highest BCUT2D eigenvalue weighted by atomic mass is 127. The highest BCUT2D eigenvalue weighted by Gasteiger charge is 2.09. The van der Waals surface area contributed by atoms with Gasteiger partial charge in [0.25, 0.3) is 0 Å². The average molecular weight is 510 g/mol. The summed E-state index contributed by atoms with van der Waals surface area (Å²) in [6.07, 6.45) is -0.00744. The Morgan fingerprint density at radius 3 is 2.48 bits per heavy atom. The van der Waals surface area contributed by atoms with Crippen LogP contribution in [0.15, 0.2) is 30.3 Å². The summed E-state index contributed by atoms with van der Waals surface area (Å²) in [7, 11) is 0. The van der Waals surface area contributed by atoms with Gasteiger partial charge in [0.1, 0.15) is 17.2 Å². The summed E-state index contributed by atoms with van der Waals surface area (Å²) >= 11 is 4.16. The molecule has 0 aromatic heterocycles. The van der Waals surface area contributed by atoms with Crippen LogP contribution >= 0.6 is 45.2 Å². The Labute approximate surface area is 149 Å². The first-order chi connectivity index (χ1) is 9.86. The van der Waals surface area contributed by atoms with E-state index in [2.05, 4.69) is 22.6 Å². The van der Waals surface area contributed by atoms with Crippen LogP contribution < -0.4 is 4.74 Å². The van der Waals surface area contributed by atoms with Crippen LogP contribution in [-0.4, -0.2) is 16.2 Å². The molecule has 0 heterocycles. The molecule has 21 heavy (non-hydrogen) atoms. The zero-order chi connectivity index (χ0) is 15.6. The molecule has 4 nitrogen and oxygen atoms in total. The lowest BCUT2D eigenvalue weighted by Crippen LogP contribution is -2.00. The molecule has 2 N–H and O–H groups in total. The average Bonchev–Trinajstić information content (AvgIpc) is 2.38. The van der Waals surface area contributed by atoms with Crippen molar-refractivity contribution >= 4 is 51.2 Å². The molecule has 110 valence electrons. The summed E-state index contributed by atoms with van der Waals surface area (Å²) in [5.74, 6) is 0.696. The van der Waals surface area contributed by atoms with Crippen LogP contribution in [0.3, 0.4) is 0 Å². The maximum atomic E-state index is 10.7. The van der Waals surface area contributed by atoms with Crippen LogP contribution in [0.25, 0.3) is 0 Å². The van der Waals surface area contributed by atoms with E-state index < -0.39 is 5.97 Å². The number of carbonyl (C=O) groups is 1. The maximum absolute atomic E-state index is 10.7. The van der Waals surface area contributed by atoms with Gasteiger partial charge >= 0.3 is 5.97 Å². The van der Waals surface area contributed by atoms with E-state index >= 15 is 0 Å². The number of ether oxygens (including phenoxy) is 1. The molecule has 0 aliphatic rings. The molecule has 0 unspecified atom stereocenters. The Kier molecular flexibility index (Phi) is 5.31. The molecule has 2 rings (SSSR count). The van der Waals surface area contributed by atoms with Gasteiger partial charge in [-0.05, 0) is 87.5 Å². The van der Waals surface area contributed by atoms with Crippen molar-refractivity contribution in [3.63, 3.8) is 0 Å². The molecule has 0 atom stereocenters. The first kappa shape index (κ1) is 16.3. The SMILES string of the molecule is Cc1cc(Oc2ccc(CC(=O)O)cc2I)cc(I)c1O. The van der Waals surface area contributed by atoms with Crippen molar-refractivity contribution in [2.75, 3.05) is 0 Å². The van der Waals surface area contributed by atoms with Crippen molar-refractivity contribution in [1.82, 2.24) is 0 Å². The molecule has 0 amide bonds. The topological polar surface area (TPSA) is 66.8 Å². The van der Waals surface area contributed by atoms with Gasteiger partial charge in [-0.25, -0.2) is 0 Å². The van der Waals surface area contributed by atoms with Gasteiger partial charge in [-0.1, -0.05) is 6.07 Å². The fourth-order valence-corrected chi connectivity index (χ4v) is 3.22. The number of hydrogen-bond acceptors (Lipinski definition) is 3. The van der Waals surface area contributed by atoms with Crippen LogP contribution in [0.2, 0.25) is 0 Å². The van der Waals surface area contributed by atoms with Gasteiger partial charge in [0.05, 0.1) is 13.6 Å². The fourth-order valence-electron chi connectivity index (χ4n) is 1.80. The molecule has 0 bridgehead atoms. The zero-order valence-corrected chi connectivity index (χ0v) is 15.4. The molecule has 0 saturated carbocycles. The molecule has 0 aliphatic heterocycles. The molecule has 2 aromatic carbocycles. The highest BCUT2D eigenvalue weighted by Crippen LogP contribution is 2.33. The summed E-state index contributed by atoms with van der Waals surface area (Å²) in [4.78, 5) is 10.7. The minimum absolute atomic E-state index is 0.00744. The number of halogens is 2. The smallest absolute Gasteiger partial charge is 0.307 e. The normalized spacial score (nSPS) is 10.4. The number of aryl methyl sites for hydroxylation is 1. The second kappa shape index (κ2) is 6.82. The molecular weight excluding hydrogens is 498 g/mol. The largest absolute Gasteiger partial charge is 0.507 e. The van der Waals surface area contributed by atoms with E-state index in [1.807, 2.05) is 29.5 Å². The second-order valence-corrected chi connectivity index (χ2v) is 6.83. The number of carboxylic acids is 1. The van der Waals surface area contributed by atoms with E-state index in [1.54, 1.807) is 30.3 Å². The van der Waals surface area contributed by atoms with Gasteiger partial charge in [-0.2, -0.15) is 0 Å². The van der Waals surface area contributed by atoms with Gasteiger partial charge in [0.2, 0.25) is 0 Å². The number of carboxylic acid groups (broad SMARTS) is 1. The quantitative estimate of drug-likeness (QED) is 0.602. The number of aliphatic carboxylic acids is 1. The fraction of sp³-hybridized carbons (Fsp3) is 0.133. The molecule has 0 radical (unpaired) electrons. The van der Waals surface area contributed by atoms with E-state index in [9.17, 15) is 9.90 Å². The predicted octanol–water partition coefficient (Wildman–Crippen LogP) is 4.33. The van der Waals surface area contributed by atoms with Crippen LogP contribution in [-0.2, 0) is 11.2 Å². The molecular formula is C15H12I2O4. The standard InChI is InChI=1S/C15H12I2O4/c1-8-4-10(7-12(17)15(8)20)21-13-3-2-9(5-11(13)16)6-14(18)19/h2-5,7,20H,6H2,1H3,(H,18,19). The minimum atomic E-state index is -0.858. The Bertz CT molecular complexity index is 675.